The Kier molecular flexibility index (Phi) is 4.18. The molecule has 0 bridgehead atoms. The van der Waals surface area contributed by atoms with E-state index in [1.807, 2.05) is 45.9 Å². The number of carbonyl (C=O) groups is 1. The summed E-state index contributed by atoms with van der Waals surface area (Å²) in [6.45, 7) is 7.86. The van der Waals surface area contributed by atoms with Crippen LogP contribution in [-0.4, -0.2) is 21.4 Å². The standard InChI is InChI=1S/C15H19N3OS/c1-10-12(9-13(19)18-15(2,3)4)20-14(17-10)11-7-5-6-8-16-11/h5-8H,9H2,1-4H3,(H,18,19). The molecule has 0 saturated carbocycles. The van der Waals surface area contributed by atoms with Crippen LogP contribution in [0.2, 0.25) is 0 Å². The van der Waals surface area contributed by atoms with E-state index in [9.17, 15) is 4.79 Å². The second-order valence-corrected chi connectivity index (χ2v) is 6.80. The van der Waals surface area contributed by atoms with E-state index in [0.717, 1.165) is 21.3 Å². The van der Waals surface area contributed by atoms with Gasteiger partial charge in [-0.3, -0.25) is 9.78 Å². The summed E-state index contributed by atoms with van der Waals surface area (Å²) in [6, 6.07) is 5.74. The van der Waals surface area contributed by atoms with E-state index in [2.05, 4.69) is 15.3 Å². The average molecular weight is 289 g/mol. The lowest BCUT2D eigenvalue weighted by Gasteiger charge is -2.20. The van der Waals surface area contributed by atoms with Crippen molar-refractivity contribution in [1.29, 1.82) is 0 Å². The molecule has 106 valence electrons. The predicted molar refractivity (Wildman–Crippen MR) is 81.7 cm³/mol. The highest BCUT2D eigenvalue weighted by Gasteiger charge is 2.17. The SMILES string of the molecule is Cc1nc(-c2ccccn2)sc1CC(=O)NC(C)(C)C. The molecule has 1 amide bonds. The summed E-state index contributed by atoms with van der Waals surface area (Å²) >= 11 is 1.53. The predicted octanol–water partition coefficient (Wildman–Crippen LogP) is 2.97. The van der Waals surface area contributed by atoms with E-state index in [4.69, 9.17) is 0 Å². The topological polar surface area (TPSA) is 54.9 Å². The summed E-state index contributed by atoms with van der Waals surface area (Å²) in [5, 5.41) is 3.83. The van der Waals surface area contributed by atoms with Crippen LogP contribution >= 0.6 is 11.3 Å². The van der Waals surface area contributed by atoms with E-state index < -0.39 is 0 Å². The third-order valence-corrected chi connectivity index (χ3v) is 3.79. The molecule has 0 saturated heterocycles. The van der Waals surface area contributed by atoms with Crippen molar-refractivity contribution in [3.05, 3.63) is 35.0 Å². The molecular formula is C15H19N3OS. The number of aryl methyl sites for hydroxylation is 1. The third kappa shape index (κ3) is 3.87. The maximum atomic E-state index is 12.0. The van der Waals surface area contributed by atoms with E-state index in [1.54, 1.807) is 6.20 Å². The van der Waals surface area contributed by atoms with Crippen LogP contribution in [0.15, 0.2) is 24.4 Å². The third-order valence-electron chi connectivity index (χ3n) is 2.61. The lowest BCUT2D eigenvalue weighted by Crippen LogP contribution is -2.41. The Balaban J connectivity index is 2.15. The highest BCUT2D eigenvalue weighted by Crippen LogP contribution is 2.26. The molecule has 0 aliphatic carbocycles. The Hall–Kier alpha value is -1.75. The van der Waals surface area contributed by atoms with Crippen LogP contribution in [0.25, 0.3) is 10.7 Å². The molecule has 0 aliphatic heterocycles. The minimum absolute atomic E-state index is 0.0248. The Morgan fingerprint density at radius 2 is 2.10 bits per heavy atom. The Labute approximate surface area is 123 Å². The number of pyridine rings is 1. The Bertz CT molecular complexity index is 599. The molecule has 0 radical (unpaired) electrons. The van der Waals surface area contributed by atoms with E-state index in [0.29, 0.717) is 6.42 Å². The van der Waals surface area contributed by atoms with Gasteiger partial charge in [0.05, 0.1) is 17.8 Å². The summed E-state index contributed by atoms with van der Waals surface area (Å²) in [4.78, 5) is 21.8. The van der Waals surface area contributed by atoms with Gasteiger partial charge in [0.15, 0.2) is 0 Å². The number of amides is 1. The summed E-state index contributed by atoms with van der Waals surface area (Å²) in [5.74, 6) is 0.0248. The quantitative estimate of drug-likeness (QED) is 0.945. The first-order valence-electron chi connectivity index (χ1n) is 6.54. The van der Waals surface area contributed by atoms with Crippen molar-refractivity contribution in [2.24, 2.45) is 0 Å². The van der Waals surface area contributed by atoms with Crippen molar-refractivity contribution in [3.8, 4) is 10.7 Å². The molecule has 0 aliphatic rings. The summed E-state index contributed by atoms with van der Waals surface area (Å²) in [7, 11) is 0. The van der Waals surface area contributed by atoms with Crippen LogP contribution in [0.3, 0.4) is 0 Å². The second kappa shape index (κ2) is 5.71. The minimum atomic E-state index is -0.209. The number of thiazole rings is 1. The maximum Gasteiger partial charge on any atom is 0.225 e. The van der Waals surface area contributed by atoms with Crippen molar-refractivity contribution < 1.29 is 4.79 Å². The fourth-order valence-electron chi connectivity index (χ4n) is 1.80. The summed E-state index contributed by atoms with van der Waals surface area (Å²) in [5.41, 5.74) is 1.54. The van der Waals surface area contributed by atoms with Crippen LogP contribution in [0, 0.1) is 6.92 Å². The molecular weight excluding hydrogens is 270 g/mol. The Morgan fingerprint density at radius 1 is 1.35 bits per heavy atom. The molecule has 2 rings (SSSR count). The average Bonchev–Trinajstić information content (AvgIpc) is 2.70. The first-order valence-corrected chi connectivity index (χ1v) is 7.35. The van der Waals surface area contributed by atoms with E-state index in [1.165, 1.54) is 11.3 Å². The van der Waals surface area contributed by atoms with Crippen LogP contribution in [0.4, 0.5) is 0 Å². The zero-order chi connectivity index (χ0) is 14.8. The number of carbonyl (C=O) groups excluding carboxylic acids is 1. The minimum Gasteiger partial charge on any atom is -0.351 e. The molecule has 20 heavy (non-hydrogen) atoms. The molecule has 4 nitrogen and oxygen atoms in total. The van der Waals surface area contributed by atoms with Gasteiger partial charge in [-0.15, -0.1) is 11.3 Å². The normalized spacial score (nSPS) is 11.4. The largest absolute Gasteiger partial charge is 0.351 e. The highest BCUT2D eigenvalue weighted by molar-refractivity contribution is 7.15. The van der Waals surface area contributed by atoms with Crippen LogP contribution in [0.5, 0.6) is 0 Å². The van der Waals surface area contributed by atoms with Gasteiger partial charge in [0.1, 0.15) is 5.01 Å². The smallest absolute Gasteiger partial charge is 0.225 e. The molecule has 0 spiro atoms. The number of nitrogens with zero attached hydrogens (tertiary/aromatic N) is 2. The van der Waals surface area contributed by atoms with Gasteiger partial charge in [-0.25, -0.2) is 4.98 Å². The van der Waals surface area contributed by atoms with Gasteiger partial charge in [-0.05, 0) is 39.8 Å². The fourth-order valence-corrected chi connectivity index (χ4v) is 2.84. The first-order chi connectivity index (χ1) is 9.35. The van der Waals surface area contributed by atoms with Crippen molar-refractivity contribution in [1.82, 2.24) is 15.3 Å². The van der Waals surface area contributed by atoms with Gasteiger partial charge in [-0.1, -0.05) is 6.07 Å². The number of nitrogens with one attached hydrogen (secondary N) is 1. The van der Waals surface area contributed by atoms with E-state index in [-0.39, 0.29) is 11.4 Å². The molecule has 0 aromatic carbocycles. The molecule has 2 aromatic rings. The van der Waals surface area contributed by atoms with Gasteiger partial charge >= 0.3 is 0 Å². The molecule has 0 fully saturated rings. The number of aromatic nitrogens is 2. The van der Waals surface area contributed by atoms with Gasteiger partial charge in [0.2, 0.25) is 5.91 Å². The van der Waals surface area contributed by atoms with Crippen LogP contribution in [-0.2, 0) is 11.2 Å². The van der Waals surface area contributed by atoms with Crippen molar-refractivity contribution in [2.75, 3.05) is 0 Å². The molecule has 2 heterocycles. The number of hydrogen-bond acceptors (Lipinski definition) is 4. The Morgan fingerprint density at radius 3 is 2.70 bits per heavy atom. The van der Waals surface area contributed by atoms with Gasteiger partial charge < -0.3 is 5.32 Å². The summed E-state index contributed by atoms with van der Waals surface area (Å²) in [6.07, 6.45) is 2.12. The lowest BCUT2D eigenvalue weighted by atomic mass is 10.1. The second-order valence-electron chi connectivity index (χ2n) is 5.72. The maximum absolute atomic E-state index is 12.0. The van der Waals surface area contributed by atoms with Crippen molar-refractivity contribution in [3.63, 3.8) is 0 Å². The summed E-state index contributed by atoms with van der Waals surface area (Å²) < 4.78 is 0. The van der Waals surface area contributed by atoms with Crippen molar-refractivity contribution in [2.45, 2.75) is 39.7 Å². The zero-order valence-electron chi connectivity index (χ0n) is 12.2. The van der Waals surface area contributed by atoms with Crippen LogP contribution < -0.4 is 5.32 Å². The monoisotopic (exact) mass is 289 g/mol. The molecule has 0 unspecified atom stereocenters. The van der Waals surface area contributed by atoms with Crippen LogP contribution in [0.1, 0.15) is 31.3 Å². The zero-order valence-corrected chi connectivity index (χ0v) is 13.0. The first kappa shape index (κ1) is 14.7. The van der Waals surface area contributed by atoms with Gasteiger partial charge in [0, 0.05) is 16.6 Å². The van der Waals surface area contributed by atoms with Gasteiger partial charge in [0.25, 0.3) is 0 Å². The lowest BCUT2D eigenvalue weighted by molar-refractivity contribution is -0.121. The van der Waals surface area contributed by atoms with E-state index >= 15 is 0 Å². The molecule has 2 aromatic heterocycles. The molecule has 0 atom stereocenters. The molecule has 1 N–H and O–H groups in total. The number of rotatable bonds is 3. The van der Waals surface area contributed by atoms with Crippen molar-refractivity contribution >= 4 is 17.2 Å². The highest BCUT2D eigenvalue weighted by atomic mass is 32.1. The fraction of sp³-hybridized carbons (Fsp3) is 0.400. The number of hydrogen-bond donors (Lipinski definition) is 1. The van der Waals surface area contributed by atoms with Gasteiger partial charge in [-0.2, -0.15) is 0 Å². The molecule has 5 heteroatoms.